The molecule has 1 unspecified atom stereocenters. The highest BCUT2D eigenvalue weighted by Crippen LogP contribution is 2.21. The lowest BCUT2D eigenvalue weighted by Crippen LogP contribution is -2.41. The normalized spacial score (nSPS) is 18.4. The maximum atomic E-state index is 12.3. The van der Waals surface area contributed by atoms with Crippen molar-refractivity contribution in [3.05, 3.63) is 29.0 Å². The third-order valence-corrected chi connectivity index (χ3v) is 3.24. The standard InChI is InChI=1S/C13H15ClN2O3/c1-2-19-13(18)11-4-3-7-16(11)12(17)10-6-5-9(14)8-15-10/h5-6,8,11H,2-4,7H2,1H3. The molecule has 0 spiro atoms. The molecule has 1 aliphatic heterocycles. The largest absolute Gasteiger partial charge is 0.464 e. The van der Waals surface area contributed by atoms with Gasteiger partial charge in [-0.3, -0.25) is 4.79 Å². The first-order valence-electron chi connectivity index (χ1n) is 6.22. The van der Waals surface area contributed by atoms with Crippen molar-refractivity contribution in [3.63, 3.8) is 0 Å². The quantitative estimate of drug-likeness (QED) is 0.795. The van der Waals surface area contributed by atoms with Crippen LogP contribution in [0.2, 0.25) is 5.02 Å². The molecule has 0 radical (unpaired) electrons. The molecule has 1 aromatic rings. The summed E-state index contributed by atoms with van der Waals surface area (Å²) >= 11 is 5.73. The van der Waals surface area contributed by atoms with Crippen molar-refractivity contribution in [2.75, 3.05) is 13.2 Å². The van der Waals surface area contributed by atoms with Crippen LogP contribution >= 0.6 is 11.6 Å². The fraction of sp³-hybridized carbons (Fsp3) is 0.462. The summed E-state index contributed by atoms with van der Waals surface area (Å²) in [7, 11) is 0. The Labute approximate surface area is 116 Å². The van der Waals surface area contributed by atoms with Gasteiger partial charge in [-0.25, -0.2) is 9.78 Å². The van der Waals surface area contributed by atoms with E-state index in [9.17, 15) is 9.59 Å². The van der Waals surface area contributed by atoms with Crippen molar-refractivity contribution in [1.29, 1.82) is 0 Å². The summed E-state index contributed by atoms with van der Waals surface area (Å²) in [6.45, 7) is 2.61. The van der Waals surface area contributed by atoms with Crippen LogP contribution in [0.3, 0.4) is 0 Å². The van der Waals surface area contributed by atoms with Crippen LogP contribution in [0.5, 0.6) is 0 Å². The Kier molecular flexibility index (Phi) is 4.37. The van der Waals surface area contributed by atoms with Gasteiger partial charge in [0.15, 0.2) is 0 Å². The number of likely N-dealkylation sites (tertiary alicyclic amines) is 1. The van der Waals surface area contributed by atoms with Gasteiger partial charge in [-0.2, -0.15) is 0 Å². The van der Waals surface area contributed by atoms with E-state index in [1.807, 2.05) is 0 Å². The number of aromatic nitrogens is 1. The zero-order valence-electron chi connectivity index (χ0n) is 10.6. The van der Waals surface area contributed by atoms with Gasteiger partial charge in [0, 0.05) is 12.7 Å². The van der Waals surface area contributed by atoms with Crippen LogP contribution in [0.25, 0.3) is 0 Å². The minimum atomic E-state index is -0.495. The Bertz CT molecular complexity index is 475. The molecule has 0 aromatic carbocycles. The average Bonchev–Trinajstić information content (AvgIpc) is 2.88. The molecule has 1 atom stereocenters. The second-order valence-electron chi connectivity index (χ2n) is 4.27. The molecule has 0 N–H and O–H groups in total. The van der Waals surface area contributed by atoms with Crippen LogP contribution in [-0.2, 0) is 9.53 Å². The highest BCUT2D eigenvalue weighted by Gasteiger charge is 2.35. The lowest BCUT2D eigenvalue weighted by atomic mass is 10.2. The first-order chi connectivity index (χ1) is 9.13. The molecule has 1 saturated heterocycles. The summed E-state index contributed by atoms with van der Waals surface area (Å²) < 4.78 is 4.99. The zero-order chi connectivity index (χ0) is 13.8. The Balaban J connectivity index is 2.13. The smallest absolute Gasteiger partial charge is 0.328 e. The number of hydrogen-bond donors (Lipinski definition) is 0. The summed E-state index contributed by atoms with van der Waals surface area (Å²) in [6, 6.07) is 2.67. The Morgan fingerprint density at radius 2 is 2.32 bits per heavy atom. The van der Waals surface area contributed by atoms with Crippen molar-refractivity contribution in [2.45, 2.75) is 25.8 Å². The molecule has 102 valence electrons. The van der Waals surface area contributed by atoms with E-state index < -0.39 is 6.04 Å². The second-order valence-corrected chi connectivity index (χ2v) is 4.71. The fourth-order valence-electron chi connectivity index (χ4n) is 2.14. The molecule has 1 fully saturated rings. The first-order valence-corrected chi connectivity index (χ1v) is 6.60. The van der Waals surface area contributed by atoms with Gasteiger partial charge in [-0.05, 0) is 31.9 Å². The maximum absolute atomic E-state index is 12.3. The lowest BCUT2D eigenvalue weighted by molar-refractivity contribution is -0.147. The molecule has 6 heteroatoms. The molecule has 1 aromatic heterocycles. The van der Waals surface area contributed by atoms with E-state index in [1.165, 1.54) is 11.1 Å². The van der Waals surface area contributed by atoms with Crippen molar-refractivity contribution < 1.29 is 14.3 Å². The minimum absolute atomic E-state index is 0.257. The minimum Gasteiger partial charge on any atom is -0.464 e. The highest BCUT2D eigenvalue weighted by molar-refractivity contribution is 6.30. The number of nitrogens with zero attached hydrogens (tertiary/aromatic N) is 2. The summed E-state index contributed by atoms with van der Waals surface area (Å²) in [5, 5.41) is 0.472. The summed E-state index contributed by atoms with van der Waals surface area (Å²) in [6.07, 6.45) is 2.85. The molecule has 19 heavy (non-hydrogen) atoms. The van der Waals surface area contributed by atoms with E-state index in [0.29, 0.717) is 30.3 Å². The molecule has 2 rings (SSSR count). The molecule has 1 amide bonds. The van der Waals surface area contributed by atoms with Crippen molar-refractivity contribution in [3.8, 4) is 0 Å². The van der Waals surface area contributed by atoms with Crippen LogP contribution in [0.4, 0.5) is 0 Å². The molecule has 1 aliphatic rings. The number of amides is 1. The molecule has 2 heterocycles. The van der Waals surface area contributed by atoms with Gasteiger partial charge in [0.05, 0.1) is 11.6 Å². The summed E-state index contributed by atoms with van der Waals surface area (Å²) in [5.74, 6) is -0.602. The van der Waals surface area contributed by atoms with Crippen LogP contribution in [-0.4, -0.2) is 41.0 Å². The van der Waals surface area contributed by atoms with Crippen molar-refractivity contribution >= 4 is 23.5 Å². The lowest BCUT2D eigenvalue weighted by Gasteiger charge is -2.22. The van der Waals surface area contributed by atoms with Crippen LogP contribution < -0.4 is 0 Å². The topological polar surface area (TPSA) is 59.5 Å². The number of carbonyl (C=O) groups is 2. The summed E-state index contributed by atoms with van der Waals surface area (Å²) in [5.41, 5.74) is 0.292. The number of esters is 1. The number of carbonyl (C=O) groups excluding carboxylic acids is 2. The van der Waals surface area contributed by atoms with Gasteiger partial charge in [0.2, 0.25) is 0 Å². The highest BCUT2D eigenvalue weighted by atomic mass is 35.5. The van der Waals surface area contributed by atoms with E-state index in [0.717, 1.165) is 6.42 Å². The zero-order valence-corrected chi connectivity index (χ0v) is 11.4. The van der Waals surface area contributed by atoms with Gasteiger partial charge in [0.25, 0.3) is 5.91 Å². The predicted octanol–water partition coefficient (Wildman–Crippen LogP) is 1.90. The first kappa shape index (κ1) is 13.8. The molecule has 0 saturated carbocycles. The van der Waals surface area contributed by atoms with E-state index in [2.05, 4.69) is 4.98 Å². The maximum Gasteiger partial charge on any atom is 0.328 e. The van der Waals surface area contributed by atoms with Gasteiger partial charge in [0.1, 0.15) is 11.7 Å². The van der Waals surface area contributed by atoms with E-state index in [1.54, 1.807) is 19.1 Å². The van der Waals surface area contributed by atoms with Gasteiger partial charge in [-0.1, -0.05) is 11.6 Å². The van der Waals surface area contributed by atoms with E-state index in [4.69, 9.17) is 16.3 Å². The van der Waals surface area contributed by atoms with Gasteiger partial charge in [-0.15, -0.1) is 0 Å². The number of hydrogen-bond acceptors (Lipinski definition) is 4. The summed E-state index contributed by atoms with van der Waals surface area (Å²) in [4.78, 5) is 29.6. The Morgan fingerprint density at radius 3 is 2.95 bits per heavy atom. The molecular formula is C13H15ClN2O3. The van der Waals surface area contributed by atoms with Crippen LogP contribution in [0, 0.1) is 0 Å². The van der Waals surface area contributed by atoms with Gasteiger partial charge >= 0.3 is 5.97 Å². The third kappa shape index (κ3) is 3.04. The average molecular weight is 283 g/mol. The number of pyridine rings is 1. The van der Waals surface area contributed by atoms with E-state index >= 15 is 0 Å². The Morgan fingerprint density at radius 1 is 1.53 bits per heavy atom. The number of ether oxygens (including phenoxy) is 1. The van der Waals surface area contributed by atoms with Crippen molar-refractivity contribution in [1.82, 2.24) is 9.88 Å². The number of rotatable bonds is 3. The molecule has 0 bridgehead atoms. The second kappa shape index (κ2) is 6.02. The van der Waals surface area contributed by atoms with E-state index in [-0.39, 0.29) is 11.9 Å². The molecular weight excluding hydrogens is 268 g/mol. The monoisotopic (exact) mass is 282 g/mol. The van der Waals surface area contributed by atoms with Gasteiger partial charge < -0.3 is 9.64 Å². The molecule has 0 aliphatic carbocycles. The van der Waals surface area contributed by atoms with Crippen LogP contribution in [0.1, 0.15) is 30.3 Å². The SMILES string of the molecule is CCOC(=O)C1CCCN1C(=O)c1ccc(Cl)cn1. The predicted molar refractivity (Wildman–Crippen MR) is 69.9 cm³/mol. The van der Waals surface area contributed by atoms with Crippen molar-refractivity contribution in [2.24, 2.45) is 0 Å². The molecule has 5 nitrogen and oxygen atoms in total. The third-order valence-electron chi connectivity index (χ3n) is 3.02. The Hall–Kier alpha value is -1.62. The van der Waals surface area contributed by atoms with Crippen LogP contribution in [0.15, 0.2) is 18.3 Å². The fourth-order valence-corrected chi connectivity index (χ4v) is 2.25. The number of halogens is 1.